The SMILES string of the molecule is C=C(C)[C@@H](O)CC(=O)N(Cc1ccc(N(C)C)cc1)CC(F)(F)F. The molecule has 0 aromatic heterocycles. The van der Waals surface area contributed by atoms with Crippen LogP contribution in [0, 0.1) is 0 Å². The van der Waals surface area contributed by atoms with Crippen LogP contribution < -0.4 is 4.90 Å². The lowest BCUT2D eigenvalue weighted by Crippen LogP contribution is -2.39. The molecule has 0 radical (unpaired) electrons. The molecule has 0 unspecified atom stereocenters. The number of anilines is 1. The fourth-order valence-corrected chi connectivity index (χ4v) is 2.04. The molecule has 0 aliphatic rings. The van der Waals surface area contributed by atoms with Crippen molar-refractivity contribution >= 4 is 11.6 Å². The molecule has 4 nitrogen and oxygen atoms in total. The monoisotopic (exact) mass is 344 g/mol. The predicted octanol–water partition coefficient (Wildman–Crippen LogP) is 2.97. The Morgan fingerprint density at radius 1 is 1.25 bits per heavy atom. The maximum Gasteiger partial charge on any atom is 0.406 e. The van der Waals surface area contributed by atoms with Gasteiger partial charge in [-0.25, -0.2) is 0 Å². The summed E-state index contributed by atoms with van der Waals surface area (Å²) in [4.78, 5) is 14.7. The molecule has 0 heterocycles. The molecule has 0 aliphatic heterocycles. The number of rotatable bonds is 7. The van der Waals surface area contributed by atoms with Crippen LogP contribution in [0.2, 0.25) is 0 Å². The van der Waals surface area contributed by atoms with Gasteiger partial charge in [0.05, 0.1) is 12.5 Å². The minimum atomic E-state index is -4.51. The number of aliphatic hydroxyl groups is 1. The smallest absolute Gasteiger partial charge is 0.388 e. The standard InChI is InChI=1S/C17H23F3N2O2/c1-12(2)15(23)9-16(24)22(11-17(18,19)20)10-13-5-7-14(8-6-13)21(3)4/h5-8,15,23H,1,9-11H2,2-4H3/t15-/m0/s1. The van der Waals surface area contributed by atoms with E-state index in [1.54, 1.807) is 24.3 Å². The van der Waals surface area contributed by atoms with Gasteiger partial charge in [0.2, 0.25) is 5.91 Å². The molecule has 0 saturated heterocycles. The van der Waals surface area contributed by atoms with Crippen LogP contribution in [-0.4, -0.2) is 48.8 Å². The van der Waals surface area contributed by atoms with Crippen LogP contribution in [0.15, 0.2) is 36.4 Å². The van der Waals surface area contributed by atoms with E-state index >= 15 is 0 Å². The number of aliphatic hydroxyl groups excluding tert-OH is 1. The van der Waals surface area contributed by atoms with E-state index in [-0.39, 0.29) is 6.54 Å². The quantitative estimate of drug-likeness (QED) is 0.774. The van der Waals surface area contributed by atoms with Gasteiger partial charge in [0.15, 0.2) is 0 Å². The van der Waals surface area contributed by atoms with Crippen molar-refractivity contribution in [2.24, 2.45) is 0 Å². The van der Waals surface area contributed by atoms with Gasteiger partial charge in [-0.2, -0.15) is 13.2 Å². The van der Waals surface area contributed by atoms with Crippen LogP contribution in [0.5, 0.6) is 0 Å². The Morgan fingerprint density at radius 3 is 2.21 bits per heavy atom. The normalized spacial score (nSPS) is 12.6. The Labute approximate surface area is 140 Å². The second-order valence-corrected chi connectivity index (χ2v) is 5.99. The molecular weight excluding hydrogens is 321 g/mol. The molecule has 0 spiro atoms. The number of nitrogens with zero attached hydrogens (tertiary/aromatic N) is 2. The summed E-state index contributed by atoms with van der Waals surface area (Å²) >= 11 is 0. The molecule has 0 bridgehead atoms. The maximum absolute atomic E-state index is 12.8. The molecule has 0 aliphatic carbocycles. The summed E-state index contributed by atoms with van der Waals surface area (Å²) in [5.41, 5.74) is 1.83. The molecule has 24 heavy (non-hydrogen) atoms. The Morgan fingerprint density at radius 2 is 1.79 bits per heavy atom. The summed E-state index contributed by atoms with van der Waals surface area (Å²) in [6, 6.07) is 6.91. The van der Waals surface area contributed by atoms with Gasteiger partial charge in [0, 0.05) is 26.3 Å². The molecule has 1 atom stereocenters. The van der Waals surface area contributed by atoms with Gasteiger partial charge in [-0.15, -0.1) is 0 Å². The highest BCUT2D eigenvalue weighted by atomic mass is 19.4. The highest BCUT2D eigenvalue weighted by Crippen LogP contribution is 2.21. The minimum absolute atomic E-state index is 0.172. The van der Waals surface area contributed by atoms with E-state index in [9.17, 15) is 23.1 Å². The first kappa shape index (κ1) is 20.0. The van der Waals surface area contributed by atoms with Gasteiger partial charge >= 0.3 is 6.18 Å². The number of benzene rings is 1. The molecule has 1 rings (SSSR count). The molecule has 1 aromatic carbocycles. The van der Waals surface area contributed by atoms with Crippen molar-refractivity contribution in [3.05, 3.63) is 42.0 Å². The van der Waals surface area contributed by atoms with Crippen molar-refractivity contribution in [3.63, 3.8) is 0 Å². The summed E-state index contributed by atoms with van der Waals surface area (Å²) in [5, 5.41) is 9.67. The van der Waals surface area contributed by atoms with E-state index in [0.29, 0.717) is 16.0 Å². The number of amides is 1. The van der Waals surface area contributed by atoms with Gasteiger partial charge in [0.25, 0.3) is 0 Å². The third-order valence-electron chi connectivity index (χ3n) is 3.49. The Hall–Kier alpha value is -2.02. The Bertz CT molecular complexity index is 568. The van der Waals surface area contributed by atoms with E-state index in [1.807, 2.05) is 19.0 Å². The number of carbonyl (C=O) groups is 1. The van der Waals surface area contributed by atoms with E-state index in [2.05, 4.69) is 6.58 Å². The first-order valence-corrected chi connectivity index (χ1v) is 7.44. The topological polar surface area (TPSA) is 43.8 Å². The molecule has 134 valence electrons. The fourth-order valence-electron chi connectivity index (χ4n) is 2.04. The highest BCUT2D eigenvalue weighted by molar-refractivity contribution is 5.77. The molecule has 1 amide bonds. The Balaban J connectivity index is 2.89. The molecule has 1 N–H and O–H groups in total. The average Bonchev–Trinajstić information content (AvgIpc) is 2.45. The lowest BCUT2D eigenvalue weighted by atomic mass is 10.1. The van der Waals surface area contributed by atoms with Gasteiger partial charge in [-0.3, -0.25) is 4.79 Å². The van der Waals surface area contributed by atoms with Gasteiger partial charge < -0.3 is 14.9 Å². The van der Waals surface area contributed by atoms with Crippen molar-refractivity contribution in [1.29, 1.82) is 0 Å². The Kier molecular flexibility index (Phi) is 6.83. The van der Waals surface area contributed by atoms with E-state index in [0.717, 1.165) is 5.69 Å². The second-order valence-electron chi connectivity index (χ2n) is 5.99. The predicted molar refractivity (Wildman–Crippen MR) is 87.7 cm³/mol. The van der Waals surface area contributed by atoms with E-state index in [4.69, 9.17) is 0 Å². The van der Waals surface area contributed by atoms with Crippen LogP contribution >= 0.6 is 0 Å². The summed E-state index contributed by atoms with van der Waals surface area (Å²) in [7, 11) is 3.71. The maximum atomic E-state index is 12.8. The number of carbonyl (C=O) groups excluding carboxylic acids is 1. The van der Waals surface area contributed by atoms with Crippen LogP contribution in [0.25, 0.3) is 0 Å². The molecule has 7 heteroatoms. The minimum Gasteiger partial charge on any atom is -0.388 e. The summed E-state index contributed by atoms with van der Waals surface area (Å²) in [5.74, 6) is -0.764. The number of halogens is 3. The van der Waals surface area contributed by atoms with Gasteiger partial charge in [-0.1, -0.05) is 24.3 Å². The van der Waals surface area contributed by atoms with Crippen molar-refractivity contribution in [2.75, 3.05) is 25.5 Å². The molecule has 1 aromatic rings. The second kappa shape index (κ2) is 8.19. The van der Waals surface area contributed by atoms with E-state index < -0.39 is 31.2 Å². The third-order valence-corrected chi connectivity index (χ3v) is 3.49. The highest BCUT2D eigenvalue weighted by Gasteiger charge is 2.33. The fraction of sp³-hybridized carbons (Fsp3) is 0.471. The van der Waals surface area contributed by atoms with Gasteiger partial charge in [-0.05, 0) is 24.6 Å². The van der Waals surface area contributed by atoms with Crippen LogP contribution in [0.1, 0.15) is 18.9 Å². The van der Waals surface area contributed by atoms with Crippen molar-refractivity contribution in [2.45, 2.75) is 32.2 Å². The zero-order valence-corrected chi connectivity index (χ0v) is 14.1. The first-order valence-electron chi connectivity index (χ1n) is 7.44. The third kappa shape index (κ3) is 6.62. The molecule has 0 saturated carbocycles. The van der Waals surface area contributed by atoms with Crippen LogP contribution in [0.4, 0.5) is 18.9 Å². The van der Waals surface area contributed by atoms with Gasteiger partial charge in [0.1, 0.15) is 6.54 Å². The lowest BCUT2D eigenvalue weighted by molar-refractivity contribution is -0.163. The van der Waals surface area contributed by atoms with Crippen LogP contribution in [-0.2, 0) is 11.3 Å². The van der Waals surface area contributed by atoms with Crippen molar-refractivity contribution < 1.29 is 23.1 Å². The van der Waals surface area contributed by atoms with Crippen molar-refractivity contribution in [3.8, 4) is 0 Å². The lowest BCUT2D eigenvalue weighted by Gasteiger charge is -2.25. The number of alkyl halides is 3. The molecule has 0 fully saturated rings. The first-order chi connectivity index (χ1) is 11.0. The van der Waals surface area contributed by atoms with Crippen LogP contribution in [0.3, 0.4) is 0 Å². The number of hydrogen-bond donors (Lipinski definition) is 1. The molecular formula is C17H23F3N2O2. The van der Waals surface area contributed by atoms with E-state index in [1.165, 1.54) is 6.92 Å². The summed E-state index contributed by atoms with van der Waals surface area (Å²) in [6.07, 6.45) is -6.07. The summed E-state index contributed by atoms with van der Waals surface area (Å²) in [6.45, 7) is 3.50. The zero-order valence-electron chi connectivity index (χ0n) is 14.1. The summed E-state index contributed by atoms with van der Waals surface area (Å²) < 4.78 is 38.3. The zero-order chi connectivity index (χ0) is 18.5. The van der Waals surface area contributed by atoms with Crippen molar-refractivity contribution in [1.82, 2.24) is 4.90 Å². The number of hydrogen-bond acceptors (Lipinski definition) is 3. The largest absolute Gasteiger partial charge is 0.406 e. The average molecular weight is 344 g/mol.